The zero-order valence-corrected chi connectivity index (χ0v) is 19.4. The first-order valence-electron chi connectivity index (χ1n) is 11.1. The smallest absolute Gasteiger partial charge is 0.218 e. The van der Waals surface area contributed by atoms with Gasteiger partial charge in [0.1, 0.15) is 23.8 Å². The topological polar surface area (TPSA) is 92.3 Å². The van der Waals surface area contributed by atoms with Crippen molar-refractivity contribution in [2.24, 2.45) is 0 Å². The molecule has 2 atom stereocenters. The minimum absolute atomic E-state index is 0.0750. The van der Waals surface area contributed by atoms with Crippen LogP contribution in [-0.2, 0) is 25.3 Å². The molecule has 0 bridgehead atoms. The minimum Gasteiger partial charge on any atom is -0.486 e. The van der Waals surface area contributed by atoms with Crippen molar-refractivity contribution in [3.8, 4) is 5.75 Å². The van der Waals surface area contributed by atoms with E-state index in [1.54, 1.807) is 46.8 Å². The van der Waals surface area contributed by atoms with Crippen LogP contribution in [0.25, 0.3) is 0 Å². The highest BCUT2D eigenvalue weighted by Gasteiger charge is 2.58. The van der Waals surface area contributed by atoms with Gasteiger partial charge in [-0.15, -0.1) is 0 Å². The summed E-state index contributed by atoms with van der Waals surface area (Å²) in [6, 6.07) is 12.9. The molecule has 4 heterocycles. The van der Waals surface area contributed by atoms with Crippen LogP contribution in [0.2, 0.25) is 0 Å². The van der Waals surface area contributed by atoms with Crippen molar-refractivity contribution < 1.29 is 22.7 Å². The number of nitrogens with zero attached hydrogens (tertiary/aromatic N) is 4. The quantitative estimate of drug-likeness (QED) is 0.532. The van der Waals surface area contributed by atoms with Gasteiger partial charge in [-0.2, -0.15) is 4.31 Å². The molecule has 1 spiro atoms. The van der Waals surface area contributed by atoms with Gasteiger partial charge >= 0.3 is 0 Å². The van der Waals surface area contributed by atoms with Crippen molar-refractivity contribution in [3.63, 3.8) is 0 Å². The van der Waals surface area contributed by atoms with E-state index < -0.39 is 10.0 Å². The van der Waals surface area contributed by atoms with E-state index in [2.05, 4.69) is 9.88 Å². The number of sulfonamides is 1. The Labute approximate surface area is 193 Å². The Balaban J connectivity index is 1.24. The van der Waals surface area contributed by atoms with Crippen molar-refractivity contribution in [2.75, 3.05) is 44.7 Å². The zero-order valence-electron chi connectivity index (χ0n) is 18.5. The third-order valence-corrected chi connectivity index (χ3v) is 8.76. The number of ether oxygens (including phenoxy) is 2. The second-order valence-corrected chi connectivity index (χ2v) is 10.9. The summed E-state index contributed by atoms with van der Waals surface area (Å²) >= 11 is 0. The number of benzene rings is 1. The van der Waals surface area contributed by atoms with Gasteiger partial charge in [-0.3, -0.25) is 4.79 Å². The largest absolute Gasteiger partial charge is 0.486 e. The highest BCUT2D eigenvalue weighted by molar-refractivity contribution is 7.88. The highest BCUT2D eigenvalue weighted by Crippen LogP contribution is 2.43. The lowest BCUT2D eigenvalue weighted by atomic mass is 9.80. The summed E-state index contributed by atoms with van der Waals surface area (Å²) in [5.41, 5.74) is 0.354. The first kappa shape index (κ1) is 22.1. The summed E-state index contributed by atoms with van der Waals surface area (Å²) in [6.07, 6.45) is 2.90. The Hall–Kier alpha value is -2.69. The molecule has 2 aromatic rings. The number of methoxy groups -OCH3 is 1. The molecule has 0 N–H and O–H groups in total. The Morgan fingerprint density at radius 3 is 2.64 bits per heavy atom. The van der Waals surface area contributed by atoms with Gasteiger partial charge < -0.3 is 19.3 Å². The van der Waals surface area contributed by atoms with Crippen molar-refractivity contribution in [1.29, 1.82) is 0 Å². The van der Waals surface area contributed by atoms with E-state index in [0.717, 1.165) is 18.6 Å². The maximum atomic E-state index is 13.3. The monoisotopic (exact) mass is 472 g/mol. The number of aromatic nitrogens is 1. The number of amides is 1. The number of anilines is 1. The highest BCUT2D eigenvalue weighted by atomic mass is 32.2. The molecule has 176 valence electrons. The third kappa shape index (κ3) is 4.18. The molecule has 0 radical (unpaired) electrons. The SMILES string of the molecule is COC1CN(C=O)CC1Oc1cccc(CS(=O)(=O)N2CCC23CN(c2ccccn2)C3)c1. The fourth-order valence-electron chi connectivity index (χ4n) is 5.01. The lowest BCUT2D eigenvalue weighted by molar-refractivity contribution is -0.117. The van der Waals surface area contributed by atoms with Crippen LogP contribution in [0, 0.1) is 0 Å². The summed E-state index contributed by atoms with van der Waals surface area (Å²) in [5, 5.41) is 0. The van der Waals surface area contributed by atoms with Crippen LogP contribution in [0.3, 0.4) is 0 Å². The van der Waals surface area contributed by atoms with Gasteiger partial charge in [-0.05, 0) is 36.2 Å². The number of carbonyl (C=O) groups is 1. The Kier molecular flexibility index (Phi) is 5.75. The number of carbonyl (C=O) groups excluding carboxylic acids is 1. The van der Waals surface area contributed by atoms with Gasteiger partial charge in [0, 0.05) is 32.9 Å². The number of rotatable bonds is 8. The number of hydrogen-bond donors (Lipinski definition) is 0. The molecule has 2 unspecified atom stereocenters. The summed E-state index contributed by atoms with van der Waals surface area (Å²) in [4.78, 5) is 19.2. The van der Waals surface area contributed by atoms with Crippen LogP contribution in [0.5, 0.6) is 5.75 Å². The summed E-state index contributed by atoms with van der Waals surface area (Å²) in [5.74, 6) is 1.38. The van der Waals surface area contributed by atoms with Crippen LogP contribution in [0.1, 0.15) is 12.0 Å². The first-order chi connectivity index (χ1) is 15.9. The lowest BCUT2D eigenvalue weighted by Gasteiger charge is -2.61. The summed E-state index contributed by atoms with van der Waals surface area (Å²) in [7, 11) is -1.88. The van der Waals surface area contributed by atoms with Crippen LogP contribution < -0.4 is 9.64 Å². The molecule has 3 aliphatic rings. The van der Waals surface area contributed by atoms with Crippen LogP contribution >= 0.6 is 0 Å². The molecule has 1 aromatic carbocycles. The maximum absolute atomic E-state index is 13.3. The van der Waals surface area contributed by atoms with Crippen LogP contribution in [0.4, 0.5) is 5.82 Å². The van der Waals surface area contributed by atoms with Crippen LogP contribution in [-0.4, -0.2) is 86.6 Å². The van der Waals surface area contributed by atoms with Crippen molar-refractivity contribution in [3.05, 3.63) is 54.2 Å². The van der Waals surface area contributed by atoms with Gasteiger partial charge in [-0.25, -0.2) is 13.4 Å². The van der Waals surface area contributed by atoms with E-state index in [1.807, 2.05) is 18.2 Å². The van der Waals surface area contributed by atoms with E-state index in [4.69, 9.17) is 9.47 Å². The molecule has 33 heavy (non-hydrogen) atoms. The fourth-order valence-corrected chi connectivity index (χ4v) is 6.93. The Morgan fingerprint density at radius 2 is 1.97 bits per heavy atom. The molecule has 3 fully saturated rings. The fraction of sp³-hybridized carbons (Fsp3) is 0.478. The number of hydrogen-bond acceptors (Lipinski definition) is 7. The second kappa shape index (κ2) is 8.58. The van der Waals surface area contributed by atoms with E-state index in [1.165, 1.54) is 0 Å². The summed E-state index contributed by atoms with van der Waals surface area (Å²) < 4.78 is 39.7. The van der Waals surface area contributed by atoms with E-state index >= 15 is 0 Å². The normalized spacial score (nSPS) is 24.4. The maximum Gasteiger partial charge on any atom is 0.218 e. The van der Waals surface area contributed by atoms with Gasteiger partial charge in [0.15, 0.2) is 0 Å². The molecule has 0 aliphatic carbocycles. The molecule has 9 nitrogen and oxygen atoms in total. The predicted octanol–water partition coefficient (Wildman–Crippen LogP) is 1.11. The van der Waals surface area contributed by atoms with E-state index in [9.17, 15) is 13.2 Å². The predicted molar refractivity (Wildman–Crippen MR) is 122 cm³/mol. The van der Waals surface area contributed by atoms with Gasteiger partial charge in [0.05, 0.1) is 24.4 Å². The molecular weight excluding hydrogens is 444 g/mol. The number of pyridine rings is 1. The standard InChI is InChI=1S/C23H28N4O5S/c1-31-20-12-25(17-28)13-21(20)32-19-6-4-5-18(11-19)14-33(29,30)27-10-8-23(27)15-26(16-23)22-7-2-3-9-24-22/h2-7,9,11,17,20-21H,8,10,12-16H2,1H3. The van der Waals surface area contributed by atoms with Crippen molar-refractivity contribution in [1.82, 2.24) is 14.2 Å². The second-order valence-electron chi connectivity index (χ2n) is 8.98. The summed E-state index contributed by atoms with van der Waals surface area (Å²) in [6.45, 7) is 2.80. The van der Waals surface area contributed by atoms with Gasteiger partial charge in [-0.1, -0.05) is 18.2 Å². The molecule has 1 amide bonds. The molecule has 5 rings (SSSR count). The minimum atomic E-state index is -3.47. The average Bonchev–Trinajstić information content (AvgIpc) is 3.14. The molecule has 0 saturated carbocycles. The lowest BCUT2D eigenvalue weighted by Crippen LogP contribution is -2.78. The average molecular weight is 473 g/mol. The van der Waals surface area contributed by atoms with E-state index in [0.29, 0.717) is 44.0 Å². The molecule has 1 aromatic heterocycles. The Morgan fingerprint density at radius 1 is 1.15 bits per heavy atom. The number of likely N-dealkylation sites (tertiary alicyclic amines) is 1. The Bertz CT molecular complexity index is 1110. The van der Waals surface area contributed by atoms with Gasteiger partial charge in [0.2, 0.25) is 16.4 Å². The van der Waals surface area contributed by atoms with Gasteiger partial charge in [0.25, 0.3) is 0 Å². The van der Waals surface area contributed by atoms with E-state index in [-0.39, 0.29) is 23.5 Å². The zero-order chi connectivity index (χ0) is 23.1. The molecule has 10 heteroatoms. The molecule has 3 saturated heterocycles. The van der Waals surface area contributed by atoms with Crippen molar-refractivity contribution >= 4 is 22.3 Å². The van der Waals surface area contributed by atoms with Crippen molar-refractivity contribution in [2.45, 2.75) is 29.9 Å². The molecular formula is C23H28N4O5S. The van der Waals surface area contributed by atoms with Crippen LogP contribution in [0.15, 0.2) is 48.7 Å². The molecule has 3 aliphatic heterocycles. The third-order valence-electron chi connectivity index (χ3n) is 6.82. The first-order valence-corrected chi connectivity index (χ1v) is 12.7.